The van der Waals surface area contributed by atoms with E-state index in [1.165, 1.54) is 31.2 Å². The Morgan fingerprint density at radius 1 is 1.38 bits per heavy atom. The summed E-state index contributed by atoms with van der Waals surface area (Å²) in [4.78, 5) is 4.33. The van der Waals surface area contributed by atoms with Gasteiger partial charge in [0.1, 0.15) is 0 Å². The number of nitrogens with one attached hydrogen (secondary N) is 2. The summed E-state index contributed by atoms with van der Waals surface area (Å²) in [5.74, 6) is 2.61. The van der Waals surface area contributed by atoms with Crippen LogP contribution in [0, 0.1) is 11.8 Å². The molecule has 2 rings (SSSR count). The van der Waals surface area contributed by atoms with Crippen LogP contribution in [0.2, 0.25) is 0 Å². The van der Waals surface area contributed by atoms with Crippen LogP contribution in [0.4, 0.5) is 0 Å². The van der Waals surface area contributed by atoms with E-state index >= 15 is 0 Å². The van der Waals surface area contributed by atoms with Gasteiger partial charge < -0.3 is 10.6 Å². The molecule has 1 heterocycles. The molecule has 1 fully saturated rings. The molecule has 1 aromatic heterocycles. The normalized spacial score (nSPS) is 23.4. The molecule has 0 atom stereocenters. The second kappa shape index (κ2) is 7.48. The van der Waals surface area contributed by atoms with Crippen LogP contribution in [0.15, 0.2) is 17.4 Å². The molecule has 0 aliphatic heterocycles. The third-order valence-electron chi connectivity index (χ3n) is 4.50. The molecule has 0 saturated heterocycles. The van der Waals surface area contributed by atoms with E-state index in [1.807, 2.05) is 31.2 Å². The Morgan fingerprint density at radius 3 is 2.62 bits per heavy atom. The summed E-state index contributed by atoms with van der Waals surface area (Å²) in [6, 6.07) is 0.556. The van der Waals surface area contributed by atoms with E-state index in [2.05, 4.69) is 34.6 Å². The molecule has 0 radical (unpaired) electrons. The summed E-state index contributed by atoms with van der Waals surface area (Å²) in [5, 5.41) is 11.1. The van der Waals surface area contributed by atoms with Gasteiger partial charge in [-0.3, -0.25) is 9.67 Å². The first kappa shape index (κ1) is 15.9. The van der Waals surface area contributed by atoms with Gasteiger partial charge in [-0.05, 0) is 37.5 Å². The van der Waals surface area contributed by atoms with Crippen LogP contribution in [-0.4, -0.2) is 28.8 Å². The van der Waals surface area contributed by atoms with Crippen molar-refractivity contribution in [1.82, 2.24) is 20.4 Å². The second-order valence-electron chi connectivity index (χ2n) is 6.45. The lowest BCUT2D eigenvalue weighted by Gasteiger charge is -2.32. The molecule has 1 aromatic rings. The van der Waals surface area contributed by atoms with E-state index in [-0.39, 0.29) is 0 Å². The van der Waals surface area contributed by atoms with Crippen molar-refractivity contribution >= 4 is 5.96 Å². The van der Waals surface area contributed by atoms with Crippen molar-refractivity contribution in [3.63, 3.8) is 0 Å². The largest absolute Gasteiger partial charge is 0.354 e. The molecule has 118 valence electrons. The summed E-state index contributed by atoms with van der Waals surface area (Å²) < 4.78 is 1.82. The van der Waals surface area contributed by atoms with Gasteiger partial charge in [0, 0.05) is 38.4 Å². The molecular weight excluding hydrogens is 262 g/mol. The maximum absolute atomic E-state index is 4.33. The standard InChI is InChI=1S/C16H29N5/c1-12(2)14-5-7-15(8-6-14)20-16(17-3)18-9-13-10-19-21(4)11-13/h10-12,14-15H,5-9H2,1-4H3,(H2,17,18,20). The van der Waals surface area contributed by atoms with Gasteiger partial charge in [0.15, 0.2) is 5.96 Å². The van der Waals surface area contributed by atoms with Crippen LogP contribution in [0.5, 0.6) is 0 Å². The van der Waals surface area contributed by atoms with Crippen molar-refractivity contribution in [2.24, 2.45) is 23.9 Å². The highest BCUT2D eigenvalue weighted by Gasteiger charge is 2.23. The SMILES string of the molecule is CN=C(NCc1cnn(C)c1)NC1CCC(C(C)C)CC1. The van der Waals surface area contributed by atoms with Crippen LogP contribution in [0.3, 0.4) is 0 Å². The van der Waals surface area contributed by atoms with E-state index in [9.17, 15) is 0 Å². The third kappa shape index (κ3) is 4.76. The average molecular weight is 291 g/mol. The number of aryl methyl sites for hydroxylation is 1. The first-order valence-electron chi connectivity index (χ1n) is 8.03. The molecule has 0 aromatic carbocycles. The highest BCUT2D eigenvalue weighted by molar-refractivity contribution is 5.79. The predicted octanol–water partition coefficient (Wildman–Crippen LogP) is 2.30. The molecule has 0 amide bonds. The first-order valence-corrected chi connectivity index (χ1v) is 8.03. The van der Waals surface area contributed by atoms with Gasteiger partial charge in [-0.1, -0.05) is 13.8 Å². The zero-order valence-electron chi connectivity index (χ0n) is 13.8. The zero-order valence-corrected chi connectivity index (χ0v) is 13.8. The Kier molecular flexibility index (Phi) is 5.65. The first-order chi connectivity index (χ1) is 10.1. The van der Waals surface area contributed by atoms with Crippen LogP contribution in [-0.2, 0) is 13.6 Å². The number of aliphatic imine (C=N–C) groups is 1. The second-order valence-corrected chi connectivity index (χ2v) is 6.45. The Bertz CT molecular complexity index is 455. The van der Waals surface area contributed by atoms with E-state index < -0.39 is 0 Å². The number of aromatic nitrogens is 2. The number of hydrogen-bond donors (Lipinski definition) is 2. The molecule has 0 bridgehead atoms. The number of rotatable bonds is 4. The van der Waals surface area contributed by atoms with E-state index in [4.69, 9.17) is 0 Å². The number of guanidine groups is 1. The predicted molar refractivity (Wildman–Crippen MR) is 87.1 cm³/mol. The van der Waals surface area contributed by atoms with E-state index in [0.29, 0.717) is 6.04 Å². The summed E-state index contributed by atoms with van der Waals surface area (Å²) in [6.07, 6.45) is 9.05. The summed E-state index contributed by atoms with van der Waals surface area (Å²) in [6.45, 7) is 5.44. The van der Waals surface area contributed by atoms with Gasteiger partial charge in [-0.2, -0.15) is 5.10 Å². The van der Waals surface area contributed by atoms with Gasteiger partial charge in [0.2, 0.25) is 0 Å². The Balaban J connectivity index is 1.75. The molecule has 1 saturated carbocycles. The van der Waals surface area contributed by atoms with Crippen LogP contribution in [0.1, 0.15) is 45.1 Å². The van der Waals surface area contributed by atoms with Crippen molar-refractivity contribution in [3.8, 4) is 0 Å². The molecule has 0 spiro atoms. The van der Waals surface area contributed by atoms with Crippen molar-refractivity contribution < 1.29 is 0 Å². The Morgan fingerprint density at radius 2 is 2.10 bits per heavy atom. The van der Waals surface area contributed by atoms with E-state index in [1.54, 1.807) is 0 Å². The quantitative estimate of drug-likeness (QED) is 0.661. The lowest BCUT2D eigenvalue weighted by Crippen LogP contribution is -2.44. The molecule has 21 heavy (non-hydrogen) atoms. The van der Waals surface area contributed by atoms with Crippen LogP contribution >= 0.6 is 0 Å². The zero-order chi connectivity index (χ0) is 15.2. The van der Waals surface area contributed by atoms with Gasteiger partial charge >= 0.3 is 0 Å². The summed E-state index contributed by atoms with van der Waals surface area (Å²) in [5.41, 5.74) is 1.17. The molecular formula is C16H29N5. The molecule has 1 aliphatic carbocycles. The number of hydrogen-bond acceptors (Lipinski definition) is 2. The lowest BCUT2D eigenvalue weighted by molar-refractivity contribution is 0.250. The molecule has 2 N–H and O–H groups in total. The fourth-order valence-electron chi connectivity index (χ4n) is 3.07. The molecule has 5 nitrogen and oxygen atoms in total. The van der Waals surface area contributed by atoms with Gasteiger partial charge in [-0.15, -0.1) is 0 Å². The summed E-state index contributed by atoms with van der Waals surface area (Å²) >= 11 is 0. The fraction of sp³-hybridized carbons (Fsp3) is 0.750. The molecule has 1 aliphatic rings. The van der Waals surface area contributed by atoms with Gasteiger partial charge in [-0.25, -0.2) is 0 Å². The Hall–Kier alpha value is -1.52. The van der Waals surface area contributed by atoms with Crippen LogP contribution < -0.4 is 10.6 Å². The smallest absolute Gasteiger partial charge is 0.191 e. The van der Waals surface area contributed by atoms with Crippen LogP contribution in [0.25, 0.3) is 0 Å². The minimum atomic E-state index is 0.556. The van der Waals surface area contributed by atoms with Gasteiger partial charge in [0.25, 0.3) is 0 Å². The lowest BCUT2D eigenvalue weighted by atomic mass is 9.80. The van der Waals surface area contributed by atoms with Crippen molar-refractivity contribution in [2.45, 2.75) is 52.1 Å². The molecule has 0 unspecified atom stereocenters. The highest BCUT2D eigenvalue weighted by Crippen LogP contribution is 2.29. The average Bonchev–Trinajstić information content (AvgIpc) is 2.89. The maximum atomic E-state index is 4.33. The fourth-order valence-corrected chi connectivity index (χ4v) is 3.07. The third-order valence-corrected chi connectivity index (χ3v) is 4.50. The van der Waals surface area contributed by atoms with Crippen molar-refractivity contribution in [3.05, 3.63) is 18.0 Å². The maximum Gasteiger partial charge on any atom is 0.191 e. The minimum absolute atomic E-state index is 0.556. The van der Waals surface area contributed by atoms with E-state index in [0.717, 1.165) is 24.3 Å². The number of nitrogens with zero attached hydrogens (tertiary/aromatic N) is 3. The summed E-state index contributed by atoms with van der Waals surface area (Å²) in [7, 11) is 3.77. The van der Waals surface area contributed by atoms with Crippen molar-refractivity contribution in [1.29, 1.82) is 0 Å². The van der Waals surface area contributed by atoms with Gasteiger partial charge in [0.05, 0.1) is 6.20 Å². The molecule has 5 heteroatoms. The Labute approximate surface area is 128 Å². The topological polar surface area (TPSA) is 54.2 Å². The minimum Gasteiger partial charge on any atom is -0.354 e. The van der Waals surface area contributed by atoms with Crippen molar-refractivity contribution in [2.75, 3.05) is 7.05 Å². The highest BCUT2D eigenvalue weighted by atomic mass is 15.2. The monoisotopic (exact) mass is 291 g/mol.